The number of hydrogen-bond donors (Lipinski definition) is 1. The normalized spacial score (nSPS) is 19.2. The monoisotopic (exact) mass is 364 g/mol. The highest BCUT2D eigenvalue weighted by molar-refractivity contribution is 5.94. The number of carbonyl (C=O) groups is 1. The van der Waals surface area contributed by atoms with Crippen molar-refractivity contribution in [2.45, 2.75) is 19.1 Å². The van der Waals surface area contributed by atoms with Crippen LogP contribution >= 0.6 is 0 Å². The number of carbonyl (C=O) groups excluding carboxylic acids is 1. The molecule has 0 bridgehead atoms. The summed E-state index contributed by atoms with van der Waals surface area (Å²) in [6.07, 6.45) is -0.276. The summed E-state index contributed by atoms with van der Waals surface area (Å²) in [5.74, 6) is -2.24. The molecule has 1 aliphatic heterocycles. The van der Waals surface area contributed by atoms with Gasteiger partial charge in [-0.2, -0.15) is 0 Å². The van der Waals surface area contributed by atoms with Gasteiger partial charge in [-0.05, 0) is 36.8 Å². The third-order valence-electron chi connectivity index (χ3n) is 4.46. The molecule has 0 spiro atoms. The van der Waals surface area contributed by atoms with Crippen LogP contribution < -0.4 is 5.32 Å². The topological polar surface area (TPSA) is 41.6 Å². The van der Waals surface area contributed by atoms with Crippen molar-refractivity contribution in [2.24, 2.45) is 0 Å². The van der Waals surface area contributed by atoms with Crippen molar-refractivity contribution in [3.63, 3.8) is 0 Å². The smallest absolute Gasteiger partial charge is 0.241 e. The lowest BCUT2D eigenvalue weighted by Crippen LogP contribution is -2.48. The molecule has 1 heterocycles. The predicted octanol–water partition coefficient (Wildman–Crippen LogP) is 3.50. The number of nitrogens with zero attached hydrogens (tertiary/aromatic N) is 1. The van der Waals surface area contributed by atoms with E-state index in [1.807, 2.05) is 4.90 Å². The molecular weight excluding hydrogens is 345 g/mol. The Morgan fingerprint density at radius 1 is 1.15 bits per heavy atom. The zero-order chi connectivity index (χ0) is 18.7. The van der Waals surface area contributed by atoms with E-state index in [2.05, 4.69) is 5.32 Å². The van der Waals surface area contributed by atoms with E-state index in [0.717, 1.165) is 17.7 Å². The largest absolute Gasteiger partial charge is 0.371 e. The molecule has 1 amide bonds. The lowest BCUT2D eigenvalue weighted by molar-refractivity contribution is -0.124. The Hall–Kier alpha value is -2.38. The van der Waals surface area contributed by atoms with E-state index in [1.165, 1.54) is 18.2 Å². The summed E-state index contributed by atoms with van der Waals surface area (Å²) in [4.78, 5) is 14.3. The summed E-state index contributed by atoms with van der Waals surface area (Å²) in [5, 5.41) is 2.48. The Balaban J connectivity index is 1.65. The first-order chi connectivity index (χ1) is 12.4. The Kier molecular flexibility index (Phi) is 5.58. The standard InChI is InChI=1S/C19H19F3N2O2/c1-12(19(25)23-17-7-6-15(21)10-16(17)22)24-8-9-26-18(11-24)13-2-4-14(20)5-3-13/h2-7,10,12,18H,8-9,11H2,1H3,(H,23,25). The Labute approximate surface area is 149 Å². The van der Waals surface area contributed by atoms with E-state index in [4.69, 9.17) is 4.74 Å². The second-order valence-electron chi connectivity index (χ2n) is 6.20. The Bertz CT molecular complexity index is 783. The summed E-state index contributed by atoms with van der Waals surface area (Å²) >= 11 is 0. The van der Waals surface area contributed by atoms with E-state index in [-0.39, 0.29) is 17.6 Å². The predicted molar refractivity (Wildman–Crippen MR) is 91.1 cm³/mol. The average Bonchev–Trinajstić information content (AvgIpc) is 2.64. The van der Waals surface area contributed by atoms with Crippen LogP contribution in [0.4, 0.5) is 18.9 Å². The van der Waals surface area contributed by atoms with Gasteiger partial charge in [-0.15, -0.1) is 0 Å². The van der Waals surface area contributed by atoms with E-state index in [1.54, 1.807) is 19.1 Å². The summed E-state index contributed by atoms with van der Waals surface area (Å²) < 4.78 is 45.5. The van der Waals surface area contributed by atoms with Crippen LogP contribution in [0.2, 0.25) is 0 Å². The summed E-state index contributed by atoms with van der Waals surface area (Å²) in [5.41, 5.74) is 0.764. The van der Waals surface area contributed by atoms with Gasteiger partial charge in [-0.3, -0.25) is 9.69 Å². The molecule has 0 aromatic heterocycles. The molecule has 26 heavy (non-hydrogen) atoms. The molecule has 0 radical (unpaired) electrons. The number of amides is 1. The number of rotatable bonds is 4. The Morgan fingerprint density at radius 2 is 1.85 bits per heavy atom. The second-order valence-corrected chi connectivity index (χ2v) is 6.20. The molecule has 1 fully saturated rings. The number of ether oxygens (including phenoxy) is 1. The number of nitrogens with one attached hydrogen (secondary N) is 1. The minimum atomic E-state index is -0.822. The van der Waals surface area contributed by atoms with Crippen molar-refractivity contribution >= 4 is 11.6 Å². The maximum absolute atomic E-state index is 13.7. The molecule has 2 aromatic rings. The van der Waals surface area contributed by atoms with Gasteiger partial charge in [-0.1, -0.05) is 12.1 Å². The molecule has 4 nitrogen and oxygen atoms in total. The van der Waals surface area contributed by atoms with E-state index in [9.17, 15) is 18.0 Å². The molecule has 1 aliphatic rings. The van der Waals surface area contributed by atoms with Crippen LogP contribution in [-0.4, -0.2) is 36.5 Å². The van der Waals surface area contributed by atoms with Gasteiger partial charge >= 0.3 is 0 Å². The molecule has 1 N–H and O–H groups in total. The van der Waals surface area contributed by atoms with Gasteiger partial charge in [0, 0.05) is 19.2 Å². The zero-order valence-electron chi connectivity index (χ0n) is 14.2. The van der Waals surface area contributed by atoms with Crippen molar-refractivity contribution in [1.82, 2.24) is 4.90 Å². The van der Waals surface area contributed by atoms with Gasteiger partial charge in [-0.25, -0.2) is 13.2 Å². The third-order valence-corrected chi connectivity index (χ3v) is 4.46. The maximum Gasteiger partial charge on any atom is 0.241 e. The second kappa shape index (κ2) is 7.88. The van der Waals surface area contributed by atoms with E-state index < -0.39 is 23.6 Å². The van der Waals surface area contributed by atoms with Gasteiger partial charge in [0.25, 0.3) is 0 Å². The van der Waals surface area contributed by atoms with E-state index in [0.29, 0.717) is 19.7 Å². The van der Waals surface area contributed by atoms with Crippen LogP contribution in [0.15, 0.2) is 42.5 Å². The van der Waals surface area contributed by atoms with Gasteiger partial charge in [0.15, 0.2) is 0 Å². The molecule has 3 rings (SSSR count). The van der Waals surface area contributed by atoms with Gasteiger partial charge in [0.2, 0.25) is 5.91 Å². The highest BCUT2D eigenvalue weighted by Gasteiger charge is 2.29. The summed E-state index contributed by atoms with van der Waals surface area (Å²) in [6.45, 7) is 3.12. The van der Waals surface area contributed by atoms with Crippen LogP contribution in [0.3, 0.4) is 0 Å². The van der Waals surface area contributed by atoms with E-state index >= 15 is 0 Å². The van der Waals surface area contributed by atoms with Gasteiger partial charge < -0.3 is 10.1 Å². The fraction of sp³-hybridized carbons (Fsp3) is 0.316. The van der Waals surface area contributed by atoms with Crippen LogP contribution in [-0.2, 0) is 9.53 Å². The van der Waals surface area contributed by atoms with Crippen molar-refractivity contribution < 1.29 is 22.7 Å². The fourth-order valence-corrected chi connectivity index (χ4v) is 2.89. The minimum absolute atomic E-state index is 0.0633. The minimum Gasteiger partial charge on any atom is -0.371 e. The molecule has 1 saturated heterocycles. The van der Waals surface area contributed by atoms with Crippen molar-refractivity contribution in [3.8, 4) is 0 Å². The van der Waals surface area contributed by atoms with Crippen LogP contribution in [0.25, 0.3) is 0 Å². The quantitative estimate of drug-likeness (QED) is 0.903. The van der Waals surface area contributed by atoms with Gasteiger partial charge in [0.05, 0.1) is 24.4 Å². The summed E-state index contributed by atoms with van der Waals surface area (Å²) in [6, 6.07) is 8.50. The SMILES string of the molecule is CC(C(=O)Nc1ccc(F)cc1F)N1CCOC(c2ccc(F)cc2)C1. The fourth-order valence-electron chi connectivity index (χ4n) is 2.89. The first-order valence-corrected chi connectivity index (χ1v) is 8.31. The molecule has 2 unspecified atom stereocenters. The first-order valence-electron chi connectivity index (χ1n) is 8.31. The third kappa shape index (κ3) is 4.23. The Morgan fingerprint density at radius 3 is 2.54 bits per heavy atom. The zero-order valence-corrected chi connectivity index (χ0v) is 14.2. The number of benzene rings is 2. The van der Waals surface area contributed by atoms with Crippen molar-refractivity contribution in [2.75, 3.05) is 25.0 Å². The molecule has 0 saturated carbocycles. The van der Waals surface area contributed by atoms with Crippen LogP contribution in [0.1, 0.15) is 18.6 Å². The molecule has 138 valence electrons. The molecule has 2 aromatic carbocycles. The van der Waals surface area contributed by atoms with Crippen LogP contribution in [0.5, 0.6) is 0 Å². The van der Waals surface area contributed by atoms with Crippen LogP contribution in [0, 0.1) is 17.5 Å². The van der Waals surface area contributed by atoms with Gasteiger partial charge in [0.1, 0.15) is 17.5 Å². The lowest BCUT2D eigenvalue weighted by atomic mass is 10.1. The highest BCUT2D eigenvalue weighted by Crippen LogP contribution is 2.24. The summed E-state index contributed by atoms with van der Waals surface area (Å²) in [7, 11) is 0. The van der Waals surface area contributed by atoms with Crippen molar-refractivity contribution in [1.29, 1.82) is 0 Å². The first kappa shape index (κ1) is 18.4. The molecular formula is C19H19F3N2O2. The number of hydrogen-bond acceptors (Lipinski definition) is 3. The maximum atomic E-state index is 13.7. The van der Waals surface area contributed by atoms with Crippen molar-refractivity contribution in [3.05, 3.63) is 65.5 Å². The molecule has 7 heteroatoms. The number of anilines is 1. The number of morpholine rings is 1. The highest BCUT2D eigenvalue weighted by atomic mass is 19.1. The molecule has 2 atom stereocenters. The lowest BCUT2D eigenvalue weighted by Gasteiger charge is -2.36. The average molecular weight is 364 g/mol. The number of halogens is 3. The molecule has 0 aliphatic carbocycles.